The Kier molecular flexibility index (Phi) is 5.82. The van der Waals surface area contributed by atoms with Crippen LogP contribution in [0.3, 0.4) is 0 Å². The standard InChI is InChI=1S/C19H16N2O3/c1-3-14-6-5-7-16(10-14)21-19(22)13-24-17-9-8-15(12-20)11-18(17)23-4-2/h1,5-11H,4,13H2,2H3,(H,21,22). The van der Waals surface area contributed by atoms with Gasteiger partial charge in [-0.15, -0.1) is 6.42 Å². The van der Waals surface area contributed by atoms with E-state index in [1.165, 1.54) is 0 Å². The van der Waals surface area contributed by atoms with Crippen LogP contribution < -0.4 is 14.8 Å². The van der Waals surface area contributed by atoms with Crippen LogP contribution in [0.5, 0.6) is 11.5 Å². The Balaban J connectivity index is 2.01. The zero-order chi connectivity index (χ0) is 17.4. The van der Waals surface area contributed by atoms with Gasteiger partial charge in [-0.05, 0) is 37.3 Å². The molecule has 1 amide bonds. The Hall–Kier alpha value is -3.44. The van der Waals surface area contributed by atoms with E-state index in [1.54, 1.807) is 42.5 Å². The van der Waals surface area contributed by atoms with Gasteiger partial charge < -0.3 is 14.8 Å². The first-order chi connectivity index (χ1) is 11.7. The summed E-state index contributed by atoms with van der Waals surface area (Å²) < 4.78 is 10.9. The molecular formula is C19H16N2O3. The van der Waals surface area contributed by atoms with Gasteiger partial charge in [-0.1, -0.05) is 12.0 Å². The third kappa shape index (κ3) is 4.53. The minimum atomic E-state index is -0.323. The number of carbonyl (C=O) groups excluding carboxylic acids is 1. The molecule has 0 atom stereocenters. The van der Waals surface area contributed by atoms with Crippen LogP contribution in [0.4, 0.5) is 5.69 Å². The van der Waals surface area contributed by atoms with Gasteiger partial charge in [-0.3, -0.25) is 4.79 Å². The molecule has 2 rings (SSSR count). The second-order valence-electron chi connectivity index (χ2n) is 4.77. The molecule has 0 aliphatic rings. The maximum atomic E-state index is 12.0. The molecule has 0 unspecified atom stereocenters. The molecule has 0 saturated heterocycles. The topological polar surface area (TPSA) is 71.3 Å². The number of anilines is 1. The van der Waals surface area contributed by atoms with Gasteiger partial charge in [0.1, 0.15) is 0 Å². The Bertz CT molecular complexity index is 816. The number of hydrogen-bond donors (Lipinski definition) is 1. The van der Waals surface area contributed by atoms with Gasteiger partial charge in [0.2, 0.25) is 0 Å². The highest BCUT2D eigenvalue weighted by atomic mass is 16.5. The Labute approximate surface area is 140 Å². The van der Waals surface area contributed by atoms with Crippen molar-refractivity contribution in [3.8, 4) is 29.9 Å². The summed E-state index contributed by atoms with van der Waals surface area (Å²) in [4.78, 5) is 12.0. The maximum Gasteiger partial charge on any atom is 0.262 e. The molecule has 0 aliphatic carbocycles. The van der Waals surface area contributed by atoms with Crippen LogP contribution in [0.1, 0.15) is 18.1 Å². The molecule has 2 aromatic rings. The second-order valence-corrected chi connectivity index (χ2v) is 4.77. The van der Waals surface area contributed by atoms with E-state index in [2.05, 4.69) is 11.2 Å². The minimum absolute atomic E-state index is 0.188. The van der Waals surface area contributed by atoms with Gasteiger partial charge in [-0.25, -0.2) is 0 Å². The number of nitrogens with zero attached hydrogens (tertiary/aromatic N) is 1. The fraction of sp³-hybridized carbons (Fsp3) is 0.158. The summed E-state index contributed by atoms with van der Waals surface area (Å²) in [5.41, 5.74) is 1.74. The van der Waals surface area contributed by atoms with Gasteiger partial charge >= 0.3 is 0 Å². The molecular weight excluding hydrogens is 304 g/mol. The van der Waals surface area contributed by atoms with Crippen molar-refractivity contribution in [3.63, 3.8) is 0 Å². The van der Waals surface area contributed by atoms with Crippen LogP contribution in [0, 0.1) is 23.7 Å². The Morgan fingerprint density at radius 1 is 1.17 bits per heavy atom. The monoisotopic (exact) mass is 320 g/mol. The highest BCUT2D eigenvalue weighted by molar-refractivity contribution is 5.92. The summed E-state index contributed by atoms with van der Waals surface area (Å²) >= 11 is 0. The first-order valence-corrected chi connectivity index (χ1v) is 7.32. The molecule has 0 bridgehead atoms. The minimum Gasteiger partial charge on any atom is -0.490 e. The molecule has 0 fully saturated rings. The molecule has 0 saturated carbocycles. The third-order valence-electron chi connectivity index (χ3n) is 3.04. The van der Waals surface area contributed by atoms with Crippen molar-refractivity contribution in [1.82, 2.24) is 0 Å². The lowest BCUT2D eigenvalue weighted by molar-refractivity contribution is -0.118. The zero-order valence-corrected chi connectivity index (χ0v) is 13.2. The van der Waals surface area contributed by atoms with Gasteiger partial charge in [-0.2, -0.15) is 5.26 Å². The van der Waals surface area contributed by atoms with Gasteiger partial charge in [0.25, 0.3) is 5.91 Å². The van der Waals surface area contributed by atoms with E-state index in [0.29, 0.717) is 34.9 Å². The first-order valence-electron chi connectivity index (χ1n) is 7.32. The van der Waals surface area contributed by atoms with Crippen molar-refractivity contribution in [2.45, 2.75) is 6.92 Å². The summed E-state index contributed by atoms with van der Waals surface area (Å²) in [6, 6.07) is 13.8. The number of terminal acetylenes is 1. The largest absolute Gasteiger partial charge is 0.490 e. The van der Waals surface area contributed by atoms with Crippen LogP contribution in [0.2, 0.25) is 0 Å². The summed E-state index contributed by atoms with van der Waals surface area (Å²) in [6.45, 7) is 2.07. The lowest BCUT2D eigenvalue weighted by Gasteiger charge is -2.12. The van der Waals surface area contributed by atoms with E-state index in [4.69, 9.17) is 21.2 Å². The van der Waals surface area contributed by atoms with Crippen LogP contribution in [0.15, 0.2) is 42.5 Å². The van der Waals surface area contributed by atoms with Crippen molar-refractivity contribution >= 4 is 11.6 Å². The lowest BCUT2D eigenvalue weighted by atomic mass is 10.2. The number of rotatable bonds is 6. The normalized spacial score (nSPS) is 9.46. The number of nitriles is 1. The van der Waals surface area contributed by atoms with Crippen molar-refractivity contribution in [3.05, 3.63) is 53.6 Å². The summed E-state index contributed by atoms with van der Waals surface area (Å²) in [6.07, 6.45) is 5.33. The van der Waals surface area contributed by atoms with E-state index < -0.39 is 0 Å². The number of amides is 1. The number of nitrogens with one attached hydrogen (secondary N) is 1. The van der Waals surface area contributed by atoms with Crippen LogP contribution in [0.25, 0.3) is 0 Å². The average Bonchev–Trinajstić information content (AvgIpc) is 2.61. The van der Waals surface area contributed by atoms with Gasteiger partial charge in [0, 0.05) is 17.3 Å². The smallest absolute Gasteiger partial charge is 0.262 e. The summed E-state index contributed by atoms with van der Waals surface area (Å²) in [7, 11) is 0. The van der Waals surface area contributed by atoms with Gasteiger partial charge in [0.15, 0.2) is 18.1 Å². The highest BCUT2D eigenvalue weighted by Gasteiger charge is 2.09. The second kappa shape index (κ2) is 8.26. The fourth-order valence-electron chi connectivity index (χ4n) is 1.99. The number of hydrogen-bond acceptors (Lipinski definition) is 4. The highest BCUT2D eigenvalue weighted by Crippen LogP contribution is 2.28. The SMILES string of the molecule is C#Cc1cccc(NC(=O)COc2ccc(C#N)cc2OCC)c1. The van der Waals surface area contributed by atoms with E-state index >= 15 is 0 Å². The van der Waals surface area contributed by atoms with Gasteiger partial charge in [0.05, 0.1) is 18.2 Å². The lowest BCUT2D eigenvalue weighted by Crippen LogP contribution is -2.20. The Morgan fingerprint density at radius 3 is 2.71 bits per heavy atom. The molecule has 1 N–H and O–H groups in total. The van der Waals surface area contributed by atoms with Crippen LogP contribution >= 0.6 is 0 Å². The molecule has 2 aromatic carbocycles. The van der Waals surface area contributed by atoms with E-state index in [0.717, 1.165) is 0 Å². The molecule has 0 aromatic heterocycles. The van der Waals surface area contributed by atoms with Crippen molar-refractivity contribution in [2.75, 3.05) is 18.5 Å². The molecule has 0 spiro atoms. The zero-order valence-electron chi connectivity index (χ0n) is 13.2. The van der Waals surface area contributed by atoms with E-state index in [9.17, 15) is 4.79 Å². The molecule has 120 valence electrons. The van der Waals surface area contributed by atoms with E-state index in [1.807, 2.05) is 13.0 Å². The maximum absolute atomic E-state index is 12.0. The van der Waals surface area contributed by atoms with E-state index in [-0.39, 0.29) is 12.5 Å². The summed E-state index contributed by atoms with van der Waals surface area (Å²) in [5, 5.41) is 11.6. The van der Waals surface area contributed by atoms with Crippen molar-refractivity contribution in [1.29, 1.82) is 5.26 Å². The van der Waals surface area contributed by atoms with Crippen LogP contribution in [-0.4, -0.2) is 19.1 Å². The average molecular weight is 320 g/mol. The molecule has 0 radical (unpaired) electrons. The quantitative estimate of drug-likeness (QED) is 0.831. The number of ether oxygens (including phenoxy) is 2. The number of carbonyl (C=O) groups is 1. The Morgan fingerprint density at radius 2 is 2.00 bits per heavy atom. The number of benzene rings is 2. The first kappa shape index (κ1) is 16.9. The van der Waals surface area contributed by atoms with Crippen molar-refractivity contribution in [2.24, 2.45) is 0 Å². The predicted molar refractivity (Wildman–Crippen MR) is 90.8 cm³/mol. The summed E-state index contributed by atoms with van der Waals surface area (Å²) in [5.74, 6) is 3.02. The molecule has 24 heavy (non-hydrogen) atoms. The molecule has 0 heterocycles. The molecule has 5 heteroatoms. The third-order valence-corrected chi connectivity index (χ3v) is 3.04. The van der Waals surface area contributed by atoms with Crippen LogP contribution in [-0.2, 0) is 4.79 Å². The van der Waals surface area contributed by atoms with Crippen molar-refractivity contribution < 1.29 is 14.3 Å². The molecule has 5 nitrogen and oxygen atoms in total. The molecule has 0 aliphatic heterocycles. The fourth-order valence-corrected chi connectivity index (χ4v) is 1.99. The predicted octanol–water partition coefficient (Wildman–Crippen LogP) is 2.96.